The van der Waals surface area contributed by atoms with E-state index in [4.69, 9.17) is 5.84 Å². The number of nitrogens with zero attached hydrogens (tertiary/aromatic N) is 5. The molecule has 10 nitrogen and oxygen atoms in total. The molecule has 1 aromatic heterocycles. The number of nitrogens with two attached hydrogens (primary N) is 1. The van der Waals surface area contributed by atoms with E-state index in [0.29, 0.717) is 11.4 Å². The summed E-state index contributed by atoms with van der Waals surface area (Å²) in [5.74, 6) is 5.20. The predicted octanol–water partition coefficient (Wildman–Crippen LogP) is 3.83. The number of hydrogen-bond donors (Lipinski definition) is 3. The molecule has 0 aliphatic heterocycles. The summed E-state index contributed by atoms with van der Waals surface area (Å²) in [7, 11) is 0. The molecule has 130 valence electrons. The van der Waals surface area contributed by atoms with Crippen LogP contribution in [0.3, 0.4) is 0 Å². The fourth-order valence-electron chi connectivity index (χ4n) is 2.11. The molecule has 1 heterocycles. The normalized spacial score (nSPS) is 10.7. The van der Waals surface area contributed by atoms with Crippen LogP contribution < -0.4 is 16.6 Å². The Morgan fingerprint density at radius 2 is 1.54 bits per heavy atom. The molecule has 0 aliphatic rings. The molecule has 0 saturated carbocycles. The summed E-state index contributed by atoms with van der Waals surface area (Å²) in [5, 5.41) is 22.4. The van der Waals surface area contributed by atoms with Crippen LogP contribution in [0.4, 0.5) is 34.4 Å². The lowest BCUT2D eigenvalue weighted by Gasteiger charge is -2.08. The van der Waals surface area contributed by atoms with E-state index in [1.54, 1.807) is 24.3 Å². The first-order valence-corrected chi connectivity index (χ1v) is 7.47. The maximum absolute atomic E-state index is 11.2. The van der Waals surface area contributed by atoms with Gasteiger partial charge in [0.1, 0.15) is 6.33 Å². The van der Waals surface area contributed by atoms with Gasteiger partial charge < -0.3 is 10.7 Å². The lowest BCUT2D eigenvalue weighted by atomic mass is 10.3. The molecular weight excluding hydrogens is 336 g/mol. The van der Waals surface area contributed by atoms with Crippen molar-refractivity contribution in [3.63, 3.8) is 0 Å². The quantitative estimate of drug-likeness (QED) is 0.265. The number of nitrogens with one attached hydrogen (secondary N) is 2. The van der Waals surface area contributed by atoms with Gasteiger partial charge >= 0.3 is 5.69 Å². The van der Waals surface area contributed by atoms with Crippen molar-refractivity contribution in [2.24, 2.45) is 16.1 Å². The van der Waals surface area contributed by atoms with Crippen molar-refractivity contribution in [2.45, 2.75) is 0 Å². The molecule has 26 heavy (non-hydrogen) atoms. The maximum Gasteiger partial charge on any atom is 0.354 e. The lowest BCUT2D eigenvalue weighted by Crippen LogP contribution is -2.12. The first kappa shape index (κ1) is 16.9. The highest BCUT2D eigenvalue weighted by molar-refractivity contribution is 5.73. The van der Waals surface area contributed by atoms with E-state index in [2.05, 4.69) is 30.9 Å². The van der Waals surface area contributed by atoms with Crippen molar-refractivity contribution in [1.29, 1.82) is 0 Å². The third-order valence-corrected chi connectivity index (χ3v) is 3.31. The van der Waals surface area contributed by atoms with E-state index in [-0.39, 0.29) is 17.3 Å². The second-order valence-electron chi connectivity index (χ2n) is 5.03. The number of benzene rings is 2. The standard InChI is InChI=1S/C16H14N8O2/c17-21-16-14(24(25)26)15(18-10-19-16)20-11-6-8-13(9-7-11)23-22-12-4-2-1-3-5-12/h1-10H,17H2,(H2,18,19,20,21). The van der Waals surface area contributed by atoms with Gasteiger partial charge in [-0.15, -0.1) is 0 Å². The number of azo groups is 1. The van der Waals surface area contributed by atoms with Crippen molar-refractivity contribution in [3.05, 3.63) is 71.0 Å². The van der Waals surface area contributed by atoms with E-state index in [9.17, 15) is 10.1 Å². The Balaban J connectivity index is 1.78. The summed E-state index contributed by atoms with van der Waals surface area (Å²) in [4.78, 5) is 18.2. The minimum absolute atomic E-state index is 0.0246. The van der Waals surface area contributed by atoms with Gasteiger partial charge in [0.2, 0.25) is 11.6 Å². The molecule has 0 atom stereocenters. The van der Waals surface area contributed by atoms with E-state index in [1.165, 1.54) is 6.33 Å². The van der Waals surface area contributed by atoms with Gasteiger partial charge in [0.05, 0.1) is 16.3 Å². The number of aromatic nitrogens is 2. The van der Waals surface area contributed by atoms with Gasteiger partial charge in [-0.2, -0.15) is 10.2 Å². The van der Waals surface area contributed by atoms with Gasteiger partial charge in [0, 0.05) is 5.69 Å². The second kappa shape index (κ2) is 7.77. The molecular formula is C16H14N8O2. The number of anilines is 3. The highest BCUT2D eigenvalue weighted by Crippen LogP contribution is 2.31. The summed E-state index contributed by atoms with van der Waals surface area (Å²) < 4.78 is 0. The van der Waals surface area contributed by atoms with Crippen LogP contribution in [0, 0.1) is 10.1 Å². The monoisotopic (exact) mass is 350 g/mol. The van der Waals surface area contributed by atoms with Crippen molar-refractivity contribution >= 4 is 34.4 Å². The van der Waals surface area contributed by atoms with Gasteiger partial charge in [-0.25, -0.2) is 15.8 Å². The number of rotatable bonds is 6. The third kappa shape index (κ3) is 3.94. The smallest absolute Gasteiger partial charge is 0.334 e. The van der Waals surface area contributed by atoms with Crippen LogP contribution in [0.1, 0.15) is 0 Å². The largest absolute Gasteiger partial charge is 0.354 e. The van der Waals surface area contributed by atoms with E-state index in [1.807, 2.05) is 30.3 Å². The van der Waals surface area contributed by atoms with E-state index in [0.717, 1.165) is 5.69 Å². The zero-order valence-corrected chi connectivity index (χ0v) is 13.4. The first-order chi connectivity index (χ1) is 12.7. The molecule has 0 bridgehead atoms. The number of hydrogen-bond acceptors (Lipinski definition) is 9. The summed E-state index contributed by atoms with van der Waals surface area (Å²) in [5.41, 5.74) is 3.81. The highest BCUT2D eigenvalue weighted by atomic mass is 16.6. The minimum atomic E-state index is -0.611. The number of hydrazine groups is 1. The Kier molecular flexibility index (Phi) is 5.05. The van der Waals surface area contributed by atoms with Crippen LogP contribution in [0.2, 0.25) is 0 Å². The Morgan fingerprint density at radius 1 is 0.923 bits per heavy atom. The third-order valence-electron chi connectivity index (χ3n) is 3.31. The van der Waals surface area contributed by atoms with Crippen LogP contribution in [-0.4, -0.2) is 14.9 Å². The van der Waals surface area contributed by atoms with Gasteiger partial charge in [0.25, 0.3) is 0 Å². The van der Waals surface area contributed by atoms with E-state index < -0.39 is 4.92 Å². The van der Waals surface area contributed by atoms with Crippen molar-refractivity contribution < 1.29 is 4.92 Å². The summed E-state index contributed by atoms with van der Waals surface area (Å²) in [6.45, 7) is 0. The lowest BCUT2D eigenvalue weighted by molar-refractivity contribution is -0.383. The van der Waals surface area contributed by atoms with Gasteiger partial charge in [-0.3, -0.25) is 10.1 Å². The van der Waals surface area contributed by atoms with Gasteiger partial charge in [0.15, 0.2) is 0 Å². The Bertz CT molecular complexity index is 929. The zero-order valence-electron chi connectivity index (χ0n) is 13.4. The highest BCUT2D eigenvalue weighted by Gasteiger charge is 2.22. The van der Waals surface area contributed by atoms with Crippen LogP contribution >= 0.6 is 0 Å². The molecule has 0 spiro atoms. The molecule has 0 unspecified atom stereocenters. The van der Waals surface area contributed by atoms with Crippen molar-refractivity contribution in [2.75, 3.05) is 10.7 Å². The average molecular weight is 350 g/mol. The summed E-state index contributed by atoms with van der Waals surface area (Å²) >= 11 is 0. The topological polar surface area (TPSA) is 144 Å². The molecule has 0 amide bonds. The molecule has 2 aromatic carbocycles. The average Bonchev–Trinajstić information content (AvgIpc) is 2.68. The summed E-state index contributed by atoms with van der Waals surface area (Å²) in [6.07, 6.45) is 1.17. The molecule has 3 rings (SSSR count). The molecule has 0 radical (unpaired) electrons. The summed E-state index contributed by atoms with van der Waals surface area (Å²) in [6, 6.07) is 16.2. The molecule has 0 aliphatic carbocycles. The predicted molar refractivity (Wildman–Crippen MR) is 96.8 cm³/mol. The number of nitro groups is 1. The molecule has 0 fully saturated rings. The SMILES string of the molecule is NNc1ncnc(Nc2ccc(N=Nc3ccccc3)cc2)c1[N+](=O)[O-]. The minimum Gasteiger partial charge on any atom is -0.334 e. The van der Waals surface area contributed by atoms with Crippen LogP contribution in [0.5, 0.6) is 0 Å². The van der Waals surface area contributed by atoms with Crippen LogP contribution in [-0.2, 0) is 0 Å². The van der Waals surface area contributed by atoms with Crippen molar-refractivity contribution in [1.82, 2.24) is 9.97 Å². The molecule has 4 N–H and O–H groups in total. The number of nitrogen functional groups attached to an aromatic ring is 1. The molecule has 3 aromatic rings. The Labute approximate surface area is 147 Å². The Morgan fingerprint density at radius 3 is 2.15 bits per heavy atom. The van der Waals surface area contributed by atoms with Crippen LogP contribution in [0.15, 0.2) is 71.2 Å². The van der Waals surface area contributed by atoms with E-state index >= 15 is 0 Å². The fourth-order valence-corrected chi connectivity index (χ4v) is 2.11. The molecule has 0 saturated heterocycles. The Hall–Kier alpha value is -3.92. The maximum atomic E-state index is 11.2. The van der Waals surface area contributed by atoms with Gasteiger partial charge in [-0.05, 0) is 36.4 Å². The fraction of sp³-hybridized carbons (Fsp3) is 0. The van der Waals surface area contributed by atoms with Gasteiger partial charge in [-0.1, -0.05) is 18.2 Å². The zero-order chi connectivity index (χ0) is 18.4. The second-order valence-corrected chi connectivity index (χ2v) is 5.03. The molecule has 10 heteroatoms. The first-order valence-electron chi connectivity index (χ1n) is 7.47. The van der Waals surface area contributed by atoms with Crippen LogP contribution in [0.25, 0.3) is 0 Å². The van der Waals surface area contributed by atoms with Crippen molar-refractivity contribution in [3.8, 4) is 0 Å².